The quantitative estimate of drug-likeness (QED) is 0.433. The number of anilines is 1. The van der Waals surface area contributed by atoms with Crippen molar-refractivity contribution in [2.24, 2.45) is 0 Å². The molecular weight excluding hydrogens is 406 g/mol. The van der Waals surface area contributed by atoms with Gasteiger partial charge >= 0.3 is 0 Å². The number of nitrogens with one attached hydrogen (secondary N) is 1. The zero-order valence-electron chi connectivity index (χ0n) is 17.2. The van der Waals surface area contributed by atoms with E-state index in [9.17, 15) is 4.79 Å². The van der Waals surface area contributed by atoms with Gasteiger partial charge in [0.1, 0.15) is 0 Å². The van der Waals surface area contributed by atoms with Crippen LogP contribution in [0.25, 0.3) is 22.2 Å². The Labute approximate surface area is 183 Å². The van der Waals surface area contributed by atoms with Gasteiger partial charge < -0.3 is 19.0 Å². The number of rotatable bonds is 6. The van der Waals surface area contributed by atoms with Gasteiger partial charge in [0.15, 0.2) is 17.1 Å². The molecule has 0 aliphatic carbocycles. The van der Waals surface area contributed by atoms with Crippen LogP contribution in [0, 0.1) is 0 Å². The first-order chi connectivity index (χ1) is 15.7. The maximum atomic E-state index is 12.9. The van der Waals surface area contributed by atoms with E-state index in [-0.39, 0.29) is 11.7 Å². The van der Waals surface area contributed by atoms with Crippen molar-refractivity contribution in [2.75, 3.05) is 12.4 Å². The highest BCUT2D eigenvalue weighted by molar-refractivity contribution is 6.07. The molecule has 3 aromatic heterocycles. The fourth-order valence-electron chi connectivity index (χ4n) is 3.51. The second-order valence-electron chi connectivity index (χ2n) is 7.15. The summed E-state index contributed by atoms with van der Waals surface area (Å²) in [7, 11) is 1.56. The number of ether oxygens (including phenoxy) is 1. The predicted octanol–water partition coefficient (Wildman–Crippen LogP) is 4.40. The Morgan fingerprint density at radius 2 is 1.97 bits per heavy atom. The number of methoxy groups -OCH3 is 1. The Kier molecular flexibility index (Phi) is 5.09. The summed E-state index contributed by atoms with van der Waals surface area (Å²) >= 11 is 0. The van der Waals surface area contributed by atoms with Crippen LogP contribution in [0.4, 0.5) is 5.69 Å². The second kappa shape index (κ2) is 8.35. The molecule has 0 atom stereocenters. The summed E-state index contributed by atoms with van der Waals surface area (Å²) in [5.74, 6) is 0.364. The molecule has 0 saturated carbocycles. The third kappa shape index (κ3) is 3.81. The fourth-order valence-corrected chi connectivity index (χ4v) is 3.51. The molecule has 32 heavy (non-hydrogen) atoms. The summed E-state index contributed by atoms with van der Waals surface area (Å²) in [6.45, 7) is 0.711. The molecule has 158 valence electrons. The SMILES string of the molecule is COc1ccc(-c2cnccn2)c2cc(C(=O)Nc3ccc(Cn4ccnc4)cc3)oc12. The van der Waals surface area contributed by atoms with Gasteiger partial charge in [-0.1, -0.05) is 12.1 Å². The van der Waals surface area contributed by atoms with Gasteiger partial charge in [0.25, 0.3) is 5.91 Å². The van der Waals surface area contributed by atoms with Crippen molar-refractivity contribution in [2.45, 2.75) is 6.54 Å². The topological polar surface area (TPSA) is 95.1 Å². The molecule has 0 aliphatic heterocycles. The van der Waals surface area contributed by atoms with Crippen molar-refractivity contribution >= 4 is 22.6 Å². The van der Waals surface area contributed by atoms with E-state index in [1.54, 1.807) is 50.4 Å². The highest BCUT2D eigenvalue weighted by Gasteiger charge is 2.19. The molecule has 0 saturated heterocycles. The summed E-state index contributed by atoms with van der Waals surface area (Å²) in [5, 5.41) is 3.61. The standard InChI is InChI=1S/C24H19N5O3/c1-31-21-7-6-18(20-13-25-8-9-27-20)19-12-22(32-23(19)21)24(30)28-17-4-2-16(3-5-17)14-29-11-10-26-15-29/h2-13,15H,14H2,1H3,(H,28,30). The van der Waals surface area contributed by atoms with E-state index < -0.39 is 0 Å². The van der Waals surface area contributed by atoms with Crippen LogP contribution in [0.5, 0.6) is 5.75 Å². The number of benzene rings is 2. The van der Waals surface area contributed by atoms with Crippen LogP contribution >= 0.6 is 0 Å². The van der Waals surface area contributed by atoms with Gasteiger partial charge in [-0.25, -0.2) is 4.98 Å². The number of carbonyl (C=O) groups is 1. The first-order valence-corrected chi connectivity index (χ1v) is 9.94. The number of aromatic nitrogens is 4. The molecule has 2 aromatic carbocycles. The number of furan rings is 1. The number of hydrogen-bond acceptors (Lipinski definition) is 6. The maximum absolute atomic E-state index is 12.9. The molecular formula is C24H19N5O3. The molecule has 0 aliphatic rings. The number of imidazole rings is 1. The number of nitrogens with zero attached hydrogens (tertiary/aromatic N) is 4. The number of fused-ring (bicyclic) bond motifs is 1. The predicted molar refractivity (Wildman–Crippen MR) is 120 cm³/mol. The minimum atomic E-state index is -0.351. The van der Waals surface area contributed by atoms with Crippen LogP contribution in [0.1, 0.15) is 16.1 Å². The van der Waals surface area contributed by atoms with Crippen molar-refractivity contribution in [3.8, 4) is 17.0 Å². The zero-order valence-corrected chi connectivity index (χ0v) is 17.2. The third-order valence-corrected chi connectivity index (χ3v) is 5.07. The normalized spacial score (nSPS) is 10.9. The van der Waals surface area contributed by atoms with Gasteiger partial charge in [-0.2, -0.15) is 0 Å². The average molecular weight is 425 g/mol. The van der Waals surface area contributed by atoms with E-state index in [2.05, 4.69) is 20.3 Å². The van der Waals surface area contributed by atoms with E-state index in [1.165, 1.54) is 0 Å². The molecule has 3 heterocycles. The molecule has 0 bridgehead atoms. The van der Waals surface area contributed by atoms with E-state index in [0.717, 1.165) is 16.5 Å². The molecule has 8 heteroatoms. The van der Waals surface area contributed by atoms with Crippen LogP contribution in [0.2, 0.25) is 0 Å². The van der Waals surface area contributed by atoms with Crippen LogP contribution in [0.15, 0.2) is 84.2 Å². The Hall–Kier alpha value is -4.46. The van der Waals surface area contributed by atoms with Crippen molar-refractivity contribution in [1.29, 1.82) is 0 Å². The van der Waals surface area contributed by atoms with Crippen LogP contribution < -0.4 is 10.1 Å². The molecule has 5 rings (SSSR count). The van der Waals surface area contributed by atoms with E-state index in [0.29, 0.717) is 29.3 Å². The monoisotopic (exact) mass is 425 g/mol. The van der Waals surface area contributed by atoms with Crippen LogP contribution in [0.3, 0.4) is 0 Å². The highest BCUT2D eigenvalue weighted by atomic mass is 16.5. The van der Waals surface area contributed by atoms with Crippen molar-refractivity contribution in [3.63, 3.8) is 0 Å². The average Bonchev–Trinajstić information content (AvgIpc) is 3.50. The largest absolute Gasteiger partial charge is 0.493 e. The number of carbonyl (C=O) groups excluding carboxylic acids is 1. The van der Waals surface area contributed by atoms with Crippen molar-refractivity contribution < 1.29 is 13.9 Å². The van der Waals surface area contributed by atoms with E-state index in [1.807, 2.05) is 41.1 Å². The van der Waals surface area contributed by atoms with Gasteiger partial charge in [0.05, 0.1) is 25.3 Å². The van der Waals surface area contributed by atoms with Gasteiger partial charge in [0.2, 0.25) is 0 Å². The number of hydrogen-bond donors (Lipinski definition) is 1. The molecule has 8 nitrogen and oxygen atoms in total. The summed E-state index contributed by atoms with van der Waals surface area (Å²) in [6.07, 6.45) is 10.3. The van der Waals surface area contributed by atoms with Crippen molar-refractivity contribution in [1.82, 2.24) is 19.5 Å². The zero-order chi connectivity index (χ0) is 21.9. The van der Waals surface area contributed by atoms with Crippen LogP contribution in [-0.2, 0) is 6.54 Å². The van der Waals surface area contributed by atoms with Crippen molar-refractivity contribution in [3.05, 3.63) is 91.1 Å². The minimum Gasteiger partial charge on any atom is -0.493 e. The smallest absolute Gasteiger partial charge is 0.291 e. The molecule has 1 amide bonds. The van der Waals surface area contributed by atoms with E-state index in [4.69, 9.17) is 9.15 Å². The molecule has 0 radical (unpaired) electrons. The van der Waals surface area contributed by atoms with Gasteiger partial charge in [-0.05, 0) is 35.9 Å². The molecule has 5 aromatic rings. The lowest BCUT2D eigenvalue weighted by Gasteiger charge is -2.06. The lowest BCUT2D eigenvalue weighted by Crippen LogP contribution is -2.10. The molecule has 0 spiro atoms. The highest BCUT2D eigenvalue weighted by Crippen LogP contribution is 2.36. The summed E-state index contributed by atoms with van der Waals surface area (Å²) in [5.41, 5.74) is 3.74. The van der Waals surface area contributed by atoms with Crippen LogP contribution in [-0.4, -0.2) is 32.5 Å². The lowest BCUT2D eigenvalue weighted by atomic mass is 10.1. The minimum absolute atomic E-state index is 0.178. The molecule has 0 unspecified atom stereocenters. The summed E-state index contributed by atoms with van der Waals surface area (Å²) in [4.78, 5) is 25.4. The van der Waals surface area contributed by atoms with Gasteiger partial charge in [-0.15, -0.1) is 0 Å². The Morgan fingerprint density at radius 3 is 2.69 bits per heavy atom. The third-order valence-electron chi connectivity index (χ3n) is 5.07. The molecule has 0 fully saturated rings. The first-order valence-electron chi connectivity index (χ1n) is 9.94. The van der Waals surface area contributed by atoms with E-state index >= 15 is 0 Å². The summed E-state index contributed by atoms with van der Waals surface area (Å²) in [6, 6.07) is 13.0. The summed E-state index contributed by atoms with van der Waals surface area (Å²) < 4.78 is 13.3. The first kappa shape index (κ1) is 19.5. The van der Waals surface area contributed by atoms with Gasteiger partial charge in [0, 0.05) is 48.0 Å². The van der Waals surface area contributed by atoms with Gasteiger partial charge in [-0.3, -0.25) is 14.8 Å². The Bertz CT molecular complexity index is 1360. The fraction of sp³-hybridized carbons (Fsp3) is 0.0833. The Balaban J connectivity index is 1.41. The molecule has 1 N–H and O–H groups in total. The Morgan fingerprint density at radius 1 is 1.09 bits per heavy atom. The number of amides is 1. The lowest BCUT2D eigenvalue weighted by molar-refractivity contribution is 0.0998. The maximum Gasteiger partial charge on any atom is 0.291 e. The second-order valence-corrected chi connectivity index (χ2v) is 7.15.